The molecule has 1 aromatic heterocycles. The Hall–Kier alpha value is -2.67. The third kappa shape index (κ3) is 5.57. The fraction of sp³-hybridized carbons (Fsp3) is 0.423. The van der Waals surface area contributed by atoms with Gasteiger partial charge in [-0.2, -0.15) is 0 Å². The van der Waals surface area contributed by atoms with Crippen LogP contribution in [0, 0.1) is 0 Å². The van der Waals surface area contributed by atoms with Gasteiger partial charge in [0.2, 0.25) is 0 Å². The Bertz CT molecular complexity index is 1080. The first-order valence-electron chi connectivity index (χ1n) is 11.5. The number of benzene rings is 2. The topological polar surface area (TPSA) is 46.9 Å². The molecule has 0 N–H and O–H groups in total. The van der Waals surface area contributed by atoms with Crippen molar-refractivity contribution in [3.8, 4) is 11.5 Å². The van der Waals surface area contributed by atoms with Crippen LogP contribution in [-0.4, -0.2) is 60.8 Å². The molecule has 0 unspecified atom stereocenters. The summed E-state index contributed by atoms with van der Waals surface area (Å²) in [5.74, 6) is 1.49. The summed E-state index contributed by atoms with van der Waals surface area (Å²) in [4.78, 5) is 18.3. The average Bonchev–Trinajstić information content (AvgIpc) is 3.01. The first kappa shape index (κ1) is 22.5. The van der Waals surface area contributed by atoms with Crippen LogP contribution in [0.1, 0.15) is 18.9 Å². The maximum absolute atomic E-state index is 13.5. The van der Waals surface area contributed by atoms with Crippen LogP contribution in [0.5, 0.6) is 11.5 Å². The molecule has 6 heteroatoms. The number of para-hydroxylation sites is 1. The van der Waals surface area contributed by atoms with Crippen molar-refractivity contribution in [3.05, 3.63) is 70.5 Å². The highest BCUT2D eigenvalue weighted by atomic mass is 16.5. The molecule has 1 fully saturated rings. The lowest BCUT2D eigenvalue weighted by atomic mass is 10.1. The van der Waals surface area contributed by atoms with E-state index in [2.05, 4.69) is 22.9 Å². The zero-order valence-corrected chi connectivity index (χ0v) is 19.1. The van der Waals surface area contributed by atoms with Crippen LogP contribution >= 0.6 is 0 Å². The van der Waals surface area contributed by atoms with Gasteiger partial charge in [-0.05, 0) is 69.2 Å². The second-order valence-corrected chi connectivity index (χ2v) is 8.39. The third-order valence-corrected chi connectivity index (χ3v) is 5.99. The molecule has 2 aromatic carbocycles. The van der Waals surface area contributed by atoms with Crippen LogP contribution in [0.15, 0.2) is 59.4 Å². The van der Waals surface area contributed by atoms with Gasteiger partial charge in [0.05, 0.1) is 12.1 Å². The standard InChI is InChI=1S/C26H33N3O3/c1-3-31-17-16-29-25-19-24(32-23-8-5-4-6-9-23)11-10-21(25)18-22(26(29)30)20-28-13-7-12-27(2)14-15-28/h4-6,8-11,18-19H,3,7,12-17,20H2,1-2H3. The third-order valence-electron chi connectivity index (χ3n) is 5.99. The van der Waals surface area contributed by atoms with E-state index in [9.17, 15) is 4.79 Å². The summed E-state index contributed by atoms with van der Waals surface area (Å²) in [6.07, 6.45) is 1.13. The quantitative estimate of drug-likeness (QED) is 0.501. The van der Waals surface area contributed by atoms with Crippen molar-refractivity contribution in [2.45, 2.75) is 26.4 Å². The second-order valence-electron chi connectivity index (χ2n) is 8.39. The Balaban J connectivity index is 1.66. The van der Waals surface area contributed by atoms with Crippen LogP contribution in [0.25, 0.3) is 10.9 Å². The highest BCUT2D eigenvalue weighted by molar-refractivity contribution is 5.81. The van der Waals surface area contributed by atoms with Crippen LogP contribution < -0.4 is 10.3 Å². The Labute approximate surface area is 190 Å². The van der Waals surface area contributed by atoms with Gasteiger partial charge in [0.25, 0.3) is 5.56 Å². The molecule has 0 spiro atoms. The molecule has 0 atom stereocenters. The van der Waals surface area contributed by atoms with Crippen molar-refractivity contribution < 1.29 is 9.47 Å². The normalized spacial score (nSPS) is 15.7. The highest BCUT2D eigenvalue weighted by Gasteiger charge is 2.16. The van der Waals surface area contributed by atoms with Crippen LogP contribution in [-0.2, 0) is 17.8 Å². The van der Waals surface area contributed by atoms with Gasteiger partial charge in [-0.15, -0.1) is 0 Å². The number of fused-ring (bicyclic) bond motifs is 1. The van der Waals surface area contributed by atoms with E-state index in [1.165, 1.54) is 0 Å². The molecule has 0 bridgehead atoms. The highest BCUT2D eigenvalue weighted by Crippen LogP contribution is 2.26. The summed E-state index contributed by atoms with van der Waals surface area (Å²) in [5, 5.41) is 1.04. The van der Waals surface area contributed by atoms with E-state index >= 15 is 0 Å². The summed E-state index contributed by atoms with van der Waals surface area (Å²) < 4.78 is 13.5. The molecular formula is C26H33N3O3. The lowest BCUT2D eigenvalue weighted by molar-refractivity contribution is 0.139. The number of ether oxygens (including phenoxy) is 2. The van der Waals surface area contributed by atoms with Crippen molar-refractivity contribution >= 4 is 10.9 Å². The van der Waals surface area contributed by atoms with Gasteiger partial charge in [0, 0.05) is 44.4 Å². The summed E-state index contributed by atoms with van der Waals surface area (Å²) in [6, 6.07) is 17.7. The Morgan fingerprint density at radius 3 is 2.59 bits per heavy atom. The number of hydrogen-bond donors (Lipinski definition) is 0. The van der Waals surface area contributed by atoms with Gasteiger partial charge < -0.3 is 18.9 Å². The molecule has 2 heterocycles. The lowest BCUT2D eigenvalue weighted by Crippen LogP contribution is -2.33. The summed E-state index contributed by atoms with van der Waals surface area (Å²) in [5.41, 5.74) is 1.78. The minimum atomic E-state index is 0.0617. The minimum absolute atomic E-state index is 0.0617. The Morgan fingerprint density at radius 2 is 1.78 bits per heavy atom. The van der Waals surface area contributed by atoms with E-state index in [-0.39, 0.29) is 5.56 Å². The van der Waals surface area contributed by atoms with Crippen molar-refractivity contribution in [1.29, 1.82) is 0 Å². The summed E-state index contributed by atoms with van der Waals surface area (Å²) >= 11 is 0. The molecular weight excluding hydrogens is 402 g/mol. The largest absolute Gasteiger partial charge is 0.457 e. The lowest BCUT2D eigenvalue weighted by Gasteiger charge is -2.21. The number of aromatic nitrogens is 1. The van der Waals surface area contributed by atoms with E-state index in [0.717, 1.165) is 60.6 Å². The zero-order valence-electron chi connectivity index (χ0n) is 19.1. The van der Waals surface area contributed by atoms with Gasteiger partial charge in [-0.25, -0.2) is 0 Å². The molecule has 1 aliphatic rings. The Morgan fingerprint density at radius 1 is 0.938 bits per heavy atom. The van der Waals surface area contributed by atoms with Gasteiger partial charge in [0.1, 0.15) is 11.5 Å². The van der Waals surface area contributed by atoms with E-state index in [1.54, 1.807) is 0 Å². The predicted octanol–water partition coefficient (Wildman–Crippen LogP) is 3.97. The maximum atomic E-state index is 13.5. The van der Waals surface area contributed by atoms with Crippen LogP contribution in [0.4, 0.5) is 0 Å². The van der Waals surface area contributed by atoms with Gasteiger partial charge in [-0.1, -0.05) is 18.2 Å². The molecule has 1 saturated heterocycles. The molecule has 170 valence electrons. The van der Waals surface area contributed by atoms with Gasteiger partial charge in [0.15, 0.2) is 0 Å². The molecule has 0 saturated carbocycles. The SMILES string of the molecule is CCOCCn1c(=O)c(CN2CCCN(C)CC2)cc2ccc(Oc3ccccc3)cc21. The van der Waals surface area contributed by atoms with Crippen LogP contribution in [0.3, 0.4) is 0 Å². The molecule has 0 aliphatic carbocycles. The Kier molecular flexibility index (Phi) is 7.58. The monoisotopic (exact) mass is 435 g/mol. The molecule has 32 heavy (non-hydrogen) atoms. The second kappa shape index (κ2) is 10.8. The summed E-state index contributed by atoms with van der Waals surface area (Å²) in [7, 11) is 2.16. The molecule has 4 rings (SSSR count). The molecule has 3 aromatic rings. The van der Waals surface area contributed by atoms with Crippen molar-refractivity contribution in [2.24, 2.45) is 0 Å². The van der Waals surface area contributed by atoms with E-state index in [4.69, 9.17) is 9.47 Å². The molecule has 0 amide bonds. The van der Waals surface area contributed by atoms with Gasteiger partial charge >= 0.3 is 0 Å². The molecule has 0 radical (unpaired) electrons. The molecule has 1 aliphatic heterocycles. The van der Waals surface area contributed by atoms with E-state index in [0.29, 0.717) is 26.3 Å². The molecule has 6 nitrogen and oxygen atoms in total. The van der Waals surface area contributed by atoms with E-state index in [1.807, 2.05) is 60.0 Å². The van der Waals surface area contributed by atoms with Crippen molar-refractivity contribution in [3.63, 3.8) is 0 Å². The predicted molar refractivity (Wildman–Crippen MR) is 129 cm³/mol. The number of rotatable bonds is 8. The first-order chi connectivity index (χ1) is 15.6. The van der Waals surface area contributed by atoms with Crippen LogP contribution in [0.2, 0.25) is 0 Å². The van der Waals surface area contributed by atoms with Gasteiger partial charge in [-0.3, -0.25) is 9.69 Å². The maximum Gasteiger partial charge on any atom is 0.255 e. The number of pyridine rings is 1. The first-order valence-corrected chi connectivity index (χ1v) is 11.5. The zero-order chi connectivity index (χ0) is 22.3. The summed E-state index contributed by atoms with van der Waals surface area (Å²) in [6.45, 7) is 8.46. The number of hydrogen-bond acceptors (Lipinski definition) is 5. The number of nitrogens with zero attached hydrogens (tertiary/aromatic N) is 3. The van der Waals surface area contributed by atoms with Crippen molar-refractivity contribution in [1.82, 2.24) is 14.4 Å². The van der Waals surface area contributed by atoms with Crippen molar-refractivity contribution in [2.75, 3.05) is 46.4 Å². The van der Waals surface area contributed by atoms with E-state index < -0.39 is 0 Å². The minimum Gasteiger partial charge on any atom is -0.457 e. The smallest absolute Gasteiger partial charge is 0.255 e. The average molecular weight is 436 g/mol. The fourth-order valence-electron chi connectivity index (χ4n) is 4.23. The number of likely N-dealkylation sites (N-methyl/N-ethyl adjacent to an activating group) is 1. The fourth-order valence-corrected chi connectivity index (χ4v) is 4.23.